The van der Waals surface area contributed by atoms with Gasteiger partial charge in [-0.2, -0.15) is 9.36 Å². The topological polar surface area (TPSA) is 52.7 Å². The van der Waals surface area contributed by atoms with Crippen LogP contribution in [0.3, 0.4) is 0 Å². The Morgan fingerprint density at radius 1 is 1.07 bits per heavy atom. The van der Waals surface area contributed by atoms with Crippen molar-refractivity contribution in [2.45, 2.75) is 31.9 Å². The van der Waals surface area contributed by atoms with Crippen molar-refractivity contribution in [3.8, 4) is 5.69 Å². The Kier molecular flexibility index (Phi) is 5.53. The molecule has 0 saturated heterocycles. The van der Waals surface area contributed by atoms with Gasteiger partial charge in [-0.15, -0.1) is 11.8 Å². The predicted molar refractivity (Wildman–Crippen MR) is 118 cm³/mol. The normalized spacial score (nSPS) is 16.4. The minimum Gasteiger partial charge on any atom is -0.244 e. The van der Waals surface area contributed by atoms with Gasteiger partial charge in [0.25, 0.3) is 0 Å². The third-order valence-electron chi connectivity index (χ3n) is 5.36. The van der Waals surface area contributed by atoms with Crippen LogP contribution in [0.25, 0.3) is 5.69 Å². The summed E-state index contributed by atoms with van der Waals surface area (Å²) in [4.78, 5) is 13.6. The number of benzene rings is 2. The van der Waals surface area contributed by atoms with Gasteiger partial charge >= 0.3 is 5.69 Å². The molecule has 1 aliphatic rings. The highest BCUT2D eigenvalue weighted by Gasteiger charge is 2.17. The van der Waals surface area contributed by atoms with E-state index in [9.17, 15) is 4.79 Å². The number of allylic oxidation sites excluding steroid dienone is 3. The van der Waals surface area contributed by atoms with E-state index < -0.39 is 0 Å². The molecule has 1 aromatic heterocycles. The van der Waals surface area contributed by atoms with Gasteiger partial charge in [-0.1, -0.05) is 60.2 Å². The molecule has 1 heterocycles. The van der Waals surface area contributed by atoms with Crippen molar-refractivity contribution in [2.24, 2.45) is 7.05 Å². The number of aromatic nitrogens is 4. The third-order valence-corrected chi connectivity index (χ3v) is 6.59. The first-order chi connectivity index (χ1) is 14.0. The zero-order valence-electron chi connectivity index (χ0n) is 16.9. The summed E-state index contributed by atoms with van der Waals surface area (Å²) < 4.78 is 2.63. The fraction of sp³-hybridized carbons (Fsp3) is 0.261. The van der Waals surface area contributed by atoms with Gasteiger partial charge in [0.05, 0.1) is 5.69 Å². The maximum atomic E-state index is 12.3. The van der Waals surface area contributed by atoms with Crippen LogP contribution in [0.5, 0.6) is 0 Å². The summed E-state index contributed by atoms with van der Waals surface area (Å²) in [5.74, 6) is 1.21. The summed E-state index contributed by atoms with van der Waals surface area (Å²) in [6.07, 6.45) is 5.58. The summed E-state index contributed by atoms with van der Waals surface area (Å²) in [7, 11) is 1.61. The number of hydrogen-bond donors (Lipinski definition) is 0. The molecule has 5 nitrogen and oxygen atoms in total. The number of thioether (sulfide) groups is 1. The van der Waals surface area contributed by atoms with E-state index >= 15 is 0 Å². The lowest BCUT2D eigenvalue weighted by atomic mass is 9.89. The fourth-order valence-corrected chi connectivity index (χ4v) is 4.81. The molecule has 1 unspecified atom stereocenters. The van der Waals surface area contributed by atoms with Crippen LogP contribution in [0.15, 0.2) is 76.0 Å². The first kappa shape index (κ1) is 19.5. The van der Waals surface area contributed by atoms with Crippen LogP contribution in [-0.2, 0) is 12.8 Å². The fourth-order valence-electron chi connectivity index (χ4n) is 3.63. The monoisotopic (exact) mass is 404 g/mol. The third kappa shape index (κ3) is 3.98. The zero-order chi connectivity index (χ0) is 20.4. The smallest absolute Gasteiger partial charge is 0.244 e. The second-order valence-electron chi connectivity index (χ2n) is 7.38. The van der Waals surface area contributed by atoms with Crippen molar-refractivity contribution in [2.75, 3.05) is 0 Å². The Labute approximate surface area is 174 Å². The summed E-state index contributed by atoms with van der Waals surface area (Å²) in [5, 5.41) is 7.87. The second kappa shape index (κ2) is 8.25. The zero-order valence-corrected chi connectivity index (χ0v) is 17.7. The summed E-state index contributed by atoms with van der Waals surface area (Å²) >= 11 is 1.81. The molecule has 2 aromatic carbocycles. The van der Waals surface area contributed by atoms with Crippen molar-refractivity contribution in [1.29, 1.82) is 0 Å². The Morgan fingerprint density at radius 3 is 2.55 bits per heavy atom. The Hall–Kier alpha value is -2.86. The van der Waals surface area contributed by atoms with Crippen molar-refractivity contribution in [3.05, 3.63) is 98.3 Å². The number of tetrazole rings is 1. The second-order valence-corrected chi connectivity index (χ2v) is 8.40. The van der Waals surface area contributed by atoms with Gasteiger partial charge < -0.3 is 0 Å². The van der Waals surface area contributed by atoms with E-state index in [0.29, 0.717) is 5.92 Å². The summed E-state index contributed by atoms with van der Waals surface area (Å²) in [5.41, 5.74) is 5.58. The molecular weight excluding hydrogens is 380 g/mol. The molecule has 6 heteroatoms. The van der Waals surface area contributed by atoms with E-state index in [4.69, 9.17) is 0 Å². The molecular formula is C23H24N4OS. The van der Waals surface area contributed by atoms with Gasteiger partial charge in [0, 0.05) is 23.6 Å². The molecule has 0 aliphatic heterocycles. The molecule has 0 N–H and O–H groups in total. The lowest BCUT2D eigenvalue weighted by Gasteiger charge is -2.21. The van der Waals surface area contributed by atoms with Crippen LogP contribution < -0.4 is 5.69 Å². The number of rotatable bonds is 5. The van der Waals surface area contributed by atoms with Gasteiger partial charge in [0.15, 0.2) is 0 Å². The Morgan fingerprint density at radius 2 is 1.86 bits per heavy atom. The molecule has 0 bridgehead atoms. The highest BCUT2D eigenvalue weighted by Crippen LogP contribution is 2.37. The highest BCUT2D eigenvalue weighted by molar-refractivity contribution is 8.02. The van der Waals surface area contributed by atoms with Crippen LogP contribution >= 0.6 is 11.8 Å². The van der Waals surface area contributed by atoms with E-state index in [-0.39, 0.29) is 5.69 Å². The molecule has 0 fully saturated rings. The number of nitrogens with zero attached hydrogens (tertiary/aromatic N) is 4. The highest BCUT2D eigenvalue weighted by atomic mass is 32.2. The van der Waals surface area contributed by atoms with Gasteiger partial charge in [-0.25, -0.2) is 4.79 Å². The molecule has 1 atom stereocenters. The van der Waals surface area contributed by atoms with Gasteiger partial charge in [0.1, 0.15) is 0 Å². The van der Waals surface area contributed by atoms with E-state index in [0.717, 1.165) is 29.0 Å². The van der Waals surface area contributed by atoms with E-state index in [1.54, 1.807) is 7.05 Å². The molecule has 1 aliphatic carbocycles. The SMILES string of the molecule is CC1=C(SCc2c(C)cccc2-n2nnn(C)c2=O)C=CC(c2ccccc2)C1. The number of aryl methyl sites for hydroxylation is 2. The van der Waals surface area contributed by atoms with Crippen LogP contribution in [0.4, 0.5) is 0 Å². The molecule has 148 valence electrons. The molecule has 3 aromatic rings. The largest absolute Gasteiger partial charge is 0.368 e. The van der Waals surface area contributed by atoms with Crippen LogP contribution in [-0.4, -0.2) is 19.8 Å². The summed E-state index contributed by atoms with van der Waals surface area (Å²) in [6.45, 7) is 4.29. The van der Waals surface area contributed by atoms with Crippen molar-refractivity contribution < 1.29 is 0 Å². The predicted octanol–water partition coefficient (Wildman–Crippen LogP) is 4.53. The Balaban J connectivity index is 1.55. The average Bonchev–Trinajstić information content (AvgIpc) is 3.07. The first-order valence-corrected chi connectivity index (χ1v) is 10.7. The molecule has 29 heavy (non-hydrogen) atoms. The van der Waals surface area contributed by atoms with Crippen molar-refractivity contribution in [3.63, 3.8) is 0 Å². The maximum absolute atomic E-state index is 12.3. The van der Waals surface area contributed by atoms with Gasteiger partial charge in [-0.05, 0) is 53.5 Å². The van der Waals surface area contributed by atoms with Gasteiger partial charge in [-0.3, -0.25) is 0 Å². The molecule has 4 rings (SSSR count). The maximum Gasteiger partial charge on any atom is 0.368 e. The average molecular weight is 405 g/mol. The molecule has 0 radical (unpaired) electrons. The van der Waals surface area contributed by atoms with Crippen molar-refractivity contribution >= 4 is 11.8 Å². The van der Waals surface area contributed by atoms with Crippen molar-refractivity contribution in [1.82, 2.24) is 19.8 Å². The van der Waals surface area contributed by atoms with Crippen LogP contribution in [0.2, 0.25) is 0 Å². The number of hydrogen-bond acceptors (Lipinski definition) is 4. The molecule has 0 spiro atoms. The minimum absolute atomic E-state index is 0.236. The quantitative estimate of drug-likeness (QED) is 0.627. The lowest BCUT2D eigenvalue weighted by Crippen LogP contribution is -2.23. The lowest BCUT2D eigenvalue weighted by molar-refractivity contribution is 0.692. The first-order valence-electron chi connectivity index (χ1n) is 9.68. The van der Waals surface area contributed by atoms with Crippen LogP contribution in [0.1, 0.15) is 36.0 Å². The molecule has 0 amide bonds. The Bertz CT molecular complexity index is 1140. The molecule has 0 saturated carbocycles. The van der Waals surface area contributed by atoms with E-state index in [1.807, 2.05) is 23.9 Å². The van der Waals surface area contributed by atoms with Gasteiger partial charge in [0.2, 0.25) is 0 Å². The van der Waals surface area contributed by atoms with E-state index in [2.05, 4.69) is 72.8 Å². The summed E-state index contributed by atoms with van der Waals surface area (Å²) in [6, 6.07) is 16.6. The van der Waals surface area contributed by atoms with E-state index in [1.165, 1.54) is 25.4 Å². The standard InChI is InChI=1S/C23H24N4OS/c1-16-8-7-11-21(27-23(28)26(3)24-25-27)20(16)15-29-22-13-12-19(14-17(22)2)18-9-5-4-6-10-18/h4-13,19H,14-15H2,1-3H3. The minimum atomic E-state index is -0.236. The van der Waals surface area contributed by atoms with Crippen LogP contribution in [0, 0.1) is 6.92 Å².